The SMILES string of the molecule is CC(C)CCN(c1ccnc(CNC(C)C)c1)C1CC1. The van der Waals surface area contributed by atoms with Crippen molar-refractivity contribution in [1.82, 2.24) is 10.3 Å². The number of anilines is 1. The predicted octanol–water partition coefficient (Wildman–Crippen LogP) is 3.59. The molecule has 1 heterocycles. The van der Waals surface area contributed by atoms with Gasteiger partial charge in [-0.1, -0.05) is 27.7 Å². The summed E-state index contributed by atoms with van der Waals surface area (Å²) in [5.74, 6) is 0.764. The van der Waals surface area contributed by atoms with Gasteiger partial charge in [-0.15, -0.1) is 0 Å². The minimum Gasteiger partial charge on any atom is -0.368 e. The van der Waals surface area contributed by atoms with E-state index in [9.17, 15) is 0 Å². The van der Waals surface area contributed by atoms with Crippen molar-refractivity contribution >= 4 is 5.69 Å². The summed E-state index contributed by atoms with van der Waals surface area (Å²) in [6.45, 7) is 11.0. The minimum atomic E-state index is 0.501. The Hall–Kier alpha value is -1.09. The zero-order valence-electron chi connectivity index (χ0n) is 13.4. The van der Waals surface area contributed by atoms with Crippen molar-refractivity contribution in [2.75, 3.05) is 11.4 Å². The average molecular weight is 275 g/mol. The van der Waals surface area contributed by atoms with E-state index in [1.54, 1.807) is 0 Å². The van der Waals surface area contributed by atoms with Crippen molar-refractivity contribution in [1.29, 1.82) is 0 Å². The van der Waals surface area contributed by atoms with Gasteiger partial charge >= 0.3 is 0 Å². The van der Waals surface area contributed by atoms with E-state index in [-0.39, 0.29) is 0 Å². The summed E-state index contributed by atoms with van der Waals surface area (Å²) in [4.78, 5) is 7.06. The molecule has 0 spiro atoms. The van der Waals surface area contributed by atoms with Crippen LogP contribution in [0.2, 0.25) is 0 Å². The second kappa shape index (κ2) is 7.07. The summed E-state index contributed by atoms with van der Waals surface area (Å²) in [5, 5.41) is 3.44. The summed E-state index contributed by atoms with van der Waals surface area (Å²) >= 11 is 0. The quantitative estimate of drug-likeness (QED) is 0.786. The van der Waals surface area contributed by atoms with Gasteiger partial charge in [0.15, 0.2) is 0 Å². The van der Waals surface area contributed by atoms with E-state index >= 15 is 0 Å². The van der Waals surface area contributed by atoms with E-state index in [1.165, 1.54) is 31.5 Å². The summed E-state index contributed by atoms with van der Waals surface area (Å²) in [6.07, 6.45) is 5.91. The smallest absolute Gasteiger partial charge is 0.0562 e. The fraction of sp³-hybridized carbons (Fsp3) is 0.706. The number of aromatic nitrogens is 1. The van der Waals surface area contributed by atoms with Gasteiger partial charge in [0.2, 0.25) is 0 Å². The lowest BCUT2D eigenvalue weighted by molar-refractivity contribution is 0.568. The molecule has 2 rings (SSSR count). The molecular weight excluding hydrogens is 246 g/mol. The summed E-state index contributed by atoms with van der Waals surface area (Å²) < 4.78 is 0. The van der Waals surface area contributed by atoms with Gasteiger partial charge in [0, 0.05) is 37.1 Å². The van der Waals surface area contributed by atoms with Crippen LogP contribution < -0.4 is 10.2 Å². The van der Waals surface area contributed by atoms with Crippen LogP contribution in [0.25, 0.3) is 0 Å². The lowest BCUT2D eigenvalue weighted by atomic mass is 10.1. The highest BCUT2D eigenvalue weighted by atomic mass is 15.2. The highest BCUT2D eigenvalue weighted by Gasteiger charge is 2.29. The van der Waals surface area contributed by atoms with Crippen molar-refractivity contribution in [3.05, 3.63) is 24.0 Å². The lowest BCUT2D eigenvalue weighted by Gasteiger charge is -2.26. The van der Waals surface area contributed by atoms with Crippen molar-refractivity contribution in [2.24, 2.45) is 5.92 Å². The molecule has 1 aromatic heterocycles. The molecule has 112 valence electrons. The molecule has 0 bridgehead atoms. The molecule has 1 aliphatic carbocycles. The second-order valence-electron chi connectivity index (χ2n) is 6.65. The van der Waals surface area contributed by atoms with Crippen LogP contribution in [0, 0.1) is 5.92 Å². The van der Waals surface area contributed by atoms with Crippen LogP contribution in [0.4, 0.5) is 5.69 Å². The Labute approximate surface area is 123 Å². The Morgan fingerprint density at radius 1 is 1.30 bits per heavy atom. The van der Waals surface area contributed by atoms with Gasteiger partial charge in [-0.25, -0.2) is 0 Å². The highest BCUT2D eigenvalue weighted by molar-refractivity contribution is 5.48. The van der Waals surface area contributed by atoms with E-state index in [0.29, 0.717) is 6.04 Å². The molecule has 1 fully saturated rings. The first-order chi connectivity index (χ1) is 9.56. The number of rotatable bonds is 8. The normalized spacial score (nSPS) is 15.1. The number of pyridine rings is 1. The lowest BCUT2D eigenvalue weighted by Crippen LogP contribution is -2.28. The first kappa shape index (κ1) is 15.3. The maximum absolute atomic E-state index is 4.48. The van der Waals surface area contributed by atoms with E-state index < -0.39 is 0 Å². The molecule has 0 aliphatic heterocycles. The fourth-order valence-corrected chi connectivity index (χ4v) is 2.36. The van der Waals surface area contributed by atoms with Crippen molar-refractivity contribution in [3.63, 3.8) is 0 Å². The monoisotopic (exact) mass is 275 g/mol. The van der Waals surface area contributed by atoms with Gasteiger partial charge in [-0.05, 0) is 37.3 Å². The zero-order valence-corrected chi connectivity index (χ0v) is 13.4. The van der Waals surface area contributed by atoms with Crippen LogP contribution in [0.15, 0.2) is 18.3 Å². The topological polar surface area (TPSA) is 28.2 Å². The van der Waals surface area contributed by atoms with Crippen molar-refractivity contribution < 1.29 is 0 Å². The second-order valence-corrected chi connectivity index (χ2v) is 6.65. The molecule has 1 saturated carbocycles. The van der Waals surface area contributed by atoms with Gasteiger partial charge in [0.25, 0.3) is 0 Å². The van der Waals surface area contributed by atoms with Crippen LogP contribution in [0.3, 0.4) is 0 Å². The van der Waals surface area contributed by atoms with Crippen LogP contribution in [0.1, 0.15) is 52.7 Å². The zero-order chi connectivity index (χ0) is 14.5. The predicted molar refractivity (Wildman–Crippen MR) is 86.0 cm³/mol. The number of hydrogen-bond donors (Lipinski definition) is 1. The average Bonchev–Trinajstić information content (AvgIpc) is 3.21. The molecule has 3 nitrogen and oxygen atoms in total. The van der Waals surface area contributed by atoms with Gasteiger partial charge in [-0.2, -0.15) is 0 Å². The first-order valence-corrected chi connectivity index (χ1v) is 8.01. The molecule has 0 saturated heterocycles. The third-order valence-electron chi connectivity index (χ3n) is 3.76. The third-order valence-corrected chi connectivity index (χ3v) is 3.76. The Morgan fingerprint density at radius 3 is 2.65 bits per heavy atom. The summed E-state index contributed by atoms with van der Waals surface area (Å²) in [5.41, 5.74) is 2.50. The molecular formula is C17H29N3. The Balaban J connectivity index is 2.02. The van der Waals surface area contributed by atoms with Crippen LogP contribution in [-0.4, -0.2) is 23.6 Å². The summed E-state index contributed by atoms with van der Waals surface area (Å²) in [6, 6.07) is 5.69. The highest BCUT2D eigenvalue weighted by Crippen LogP contribution is 2.32. The first-order valence-electron chi connectivity index (χ1n) is 8.01. The number of nitrogens with one attached hydrogen (secondary N) is 1. The molecule has 1 aliphatic rings. The Bertz CT molecular complexity index is 410. The van der Waals surface area contributed by atoms with Gasteiger partial charge < -0.3 is 10.2 Å². The molecule has 1 N–H and O–H groups in total. The molecule has 0 radical (unpaired) electrons. The Morgan fingerprint density at radius 2 is 2.05 bits per heavy atom. The number of nitrogens with zero attached hydrogens (tertiary/aromatic N) is 2. The maximum Gasteiger partial charge on any atom is 0.0562 e. The van der Waals surface area contributed by atoms with E-state index in [1.807, 2.05) is 6.20 Å². The number of hydrogen-bond acceptors (Lipinski definition) is 3. The molecule has 20 heavy (non-hydrogen) atoms. The van der Waals surface area contributed by atoms with Crippen LogP contribution >= 0.6 is 0 Å². The molecule has 3 heteroatoms. The van der Waals surface area contributed by atoms with Gasteiger partial charge in [0.1, 0.15) is 0 Å². The van der Waals surface area contributed by atoms with Gasteiger partial charge in [-0.3, -0.25) is 4.98 Å². The minimum absolute atomic E-state index is 0.501. The van der Waals surface area contributed by atoms with Crippen LogP contribution in [-0.2, 0) is 6.54 Å². The third kappa shape index (κ3) is 4.78. The maximum atomic E-state index is 4.48. The van der Waals surface area contributed by atoms with E-state index in [2.05, 4.69) is 55.0 Å². The largest absolute Gasteiger partial charge is 0.368 e. The summed E-state index contributed by atoms with van der Waals surface area (Å²) in [7, 11) is 0. The molecule has 0 amide bonds. The fourth-order valence-electron chi connectivity index (χ4n) is 2.36. The van der Waals surface area contributed by atoms with E-state index in [4.69, 9.17) is 0 Å². The molecule has 0 aromatic carbocycles. The van der Waals surface area contributed by atoms with E-state index in [0.717, 1.165) is 24.2 Å². The van der Waals surface area contributed by atoms with Crippen molar-refractivity contribution in [2.45, 2.75) is 65.6 Å². The van der Waals surface area contributed by atoms with Crippen molar-refractivity contribution in [3.8, 4) is 0 Å². The molecule has 0 atom stereocenters. The molecule has 1 aromatic rings. The van der Waals surface area contributed by atoms with Crippen LogP contribution in [0.5, 0.6) is 0 Å². The van der Waals surface area contributed by atoms with Gasteiger partial charge in [0.05, 0.1) is 5.69 Å². The molecule has 0 unspecified atom stereocenters. The standard InChI is InChI=1S/C17H29N3/c1-13(2)8-10-20(16-5-6-16)17-7-9-18-15(11-17)12-19-14(3)4/h7,9,11,13-14,16,19H,5-6,8,10,12H2,1-4H3. The Kier molecular flexibility index (Phi) is 5.41.